The summed E-state index contributed by atoms with van der Waals surface area (Å²) in [7, 11) is 0. The van der Waals surface area contributed by atoms with Gasteiger partial charge in [-0.25, -0.2) is 0 Å². The number of halogens is 3. The lowest BCUT2D eigenvalue weighted by Gasteiger charge is -2.15. The van der Waals surface area contributed by atoms with Crippen molar-refractivity contribution in [1.29, 1.82) is 0 Å². The lowest BCUT2D eigenvalue weighted by Crippen LogP contribution is -2.38. The van der Waals surface area contributed by atoms with Crippen LogP contribution in [0.2, 0.25) is 0 Å². The average Bonchev–Trinajstić information content (AvgIpc) is 2.27. The molecule has 0 saturated carbocycles. The summed E-state index contributed by atoms with van der Waals surface area (Å²) in [5.41, 5.74) is 0.913. The van der Waals surface area contributed by atoms with E-state index in [1.54, 1.807) is 0 Å². The molecule has 0 spiro atoms. The molecule has 6 heteroatoms. The molecule has 0 radical (unpaired) electrons. The summed E-state index contributed by atoms with van der Waals surface area (Å²) in [5, 5.41) is 1.82. The van der Waals surface area contributed by atoms with Crippen molar-refractivity contribution in [3.63, 3.8) is 0 Å². The van der Waals surface area contributed by atoms with Gasteiger partial charge in [-0.05, 0) is 12.5 Å². The Morgan fingerprint density at radius 3 is 2.24 bits per heavy atom. The monoisotopic (exact) mass is 245 g/mol. The van der Waals surface area contributed by atoms with Gasteiger partial charge in [0.05, 0.1) is 6.04 Å². The Morgan fingerprint density at radius 1 is 1.29 bits per heavy atom. The van der Waals surface area contributed by atoms with Crippen LogP contribution in [0, 0.1) is 0 Å². The first kappa shape index (κ1) is 13.2. The Morgan fingerprint density at radius 2 is 1.82 bits per heavy atom. The van der Waals surface area contributed by atoms with Crippen LogP contribution in [0.4, 0.5) is 13.2 Å². The third-order valence-electron chi connectivity index (χ3n) is 2.18. The lowest BCUT2D eigenvalue weighted by molar-refractivity contribution is -0.174. The fourth-order valence-corrected chi connectivity index (χ4v) is 1.23. The number of carbonyl (C=O) groups is 2. The number of amides is 1. The molecule has 0 aliphatic carbocycles. The molecule has 0 heterocycles. The van der Waals surface area contributed by atoms with Crippen LogP contribution in [0.25, 0.3) is 0 Å². The van der Waals surface area contributed by atoms with Crippen molar-refractivity contribution >= 4 is 12.2 Å². The average molecular weight is 245 g/mol. The molecule has 0 unspecified atom stereocenters. The van der Waals surface area contributed by atoms with E-state index in [1.165, 1.54) is 31.2 Å². The van der Waals surface area contributed by atoms with Crippen LogP contribution >= 0.6 is 0 Å². The third-order valence-corrected chi connectivity index (χ3v) is 2.18. The van der Waals surface area contributed by atoms with Gasteiger partial charge in [0.1, 0.15) is 6.29 Å². The number of aldehydes is 1. The van der Waals surface area contributed by atoms with Gasteiger partial charge in [-0.2, -0.15) is 13.2 Å². The second-order valence-electron chi connectivity index (χ2n) is 3.48. The summed E-state index contributed by atoms with van der Waals surface area (Å²) < 4.78 is 36.0. The van der Waals surface area contributed by atoms with Gasteiger partial charge in [0.2, 0.25) is 0 Å². The molecule has 0 aliphatic rings. The molecule has 0 aliphatic heterocycles. The maximum Gasteiger partial charge on any atom is 0.471 e. The summed E-state index contributed by atoms with van der Waals surface area (Å²) in [5.74, 6) is -1.98. The Bertz CT molecular complexity index is 412. The summed E-state index contributed by atoms with van der Waals surface area (Å²) >= 11 is 0. The highest BCUT2D eigenvalue weighted by Crippen LogP contribution is 2.18. The van der Waals surface area contributed by atoms with Gasteiger partial charge in [0.25, 0.3) is 0 Å². The predicted molar refractivity (Wildman–Crippen MR) is 54.4 cm³/mol. The van der Waals surface area contributed by atoms with E-state index in [0.29, 0.717) is 17.4 Å². The van der Waals surface area contributed by atoms with Crippen molar-refractivity contribution < 1.29 is 22.8 Å². The van der Waals surface area contributed by atoms with Gasteiger partial charge in [-0.1, -0.05) is 24.3 Å². The van der Waals surface area contributed by atoms with Crippen LogP contribution in [0.3, 0.4) is 0 Å². The number of hydrogen-bond donors (Lipinski definition) is 1. The summed E-state index contributed by atoms with van der Waals surface area (Å²) in [6, 6.07) is 5.15. The van der Waals surface area contributed by atoms with E-state index in [4.69, 9.17) is 0 Å². The molecule has 1 rings (SSSR count). The number of rotatable bonds is 3. The van der Waals surface area contributed by atoms with Crippen LogP contribution in [-0.2, 0) is 4.79 Å². The smallest absolute Gasteiger partial charge is 0.342 e. The highest BCUT2D eigenvalue weighted by Gasteiger charge is 2.39. The molecule has 1 amide bonds. The van der Waals surface area contributed by atoms with Gasteiger partial charge in [-0.15, -0.1) is 0 Å². The third kappa shape index (κ3) is 3.58. The predicted octanol–water partition coefficient (Wildman–Crippen LogP) is 2.24. The molecule has 92 valence electrons. The maximum atomic E-state index is 12.0. The van der Waals surface area contributed by atoms with Crippen LogP contribution in [0.5, 0.6) is 0 Å². The standard InChI is InChI=1S/C11H10F3NO2/c1-7(15-10(17)11(12,13)14)9-4-2-8(6-16)3-5-9/h2-7H,1H3,(H,15,17)/t7-/m0/s1. The van der Waals surface area contributed by atoms with Gasteiger partial charge in [0, 0.05) is 5.56 Å². The molecule has 0 saturated heterocycles. The summed E-state index contributed by atoms with van der Waals surface area (Å²) in [6.07, 6.45) is -4.26. The van der Waals surface area contributed by atoms with E-state index < -0.39 is 18.1 Å². The molecule has 0 aromatic heterocycles. The van der Waals surface area contributed by atoms with Crippen molar-refractivity contribution in [2.75, 3.05) is 0 Å². The topological polar surface area (TPSA) is 46.2 Å². The lowest BCUT2D eigenvalue weighted by atomic mass is 10.1. The van der Waals surface area contributed by atoms with Crippen molar-refractivity contribution in [3.05, 3.63) is 35.4 Å². The Hall–Kier alpha value is -1.85. The summed E-state index contributed by atoms with van der Waals surface area (Å²) in [6.45, 7) is 1.43. The Kier molecular flexibility index (Phi) is 3.88. The van der Waals surface area contributed by atoms with E-state index in [0.717, 1.165) is 0 Å². The largest absolute Gasteiger partial charge is 0.471 e. The number of alkyl halides is 3. The van der Waals surface area contributed by atoms with E-state index >= 15 is 0 Å². The van der Waals surface area contributed by atoms with E-state index in [1.807, 2.05) is 5.32 Å². The number of benzene rings is 1. The fourth-order valence-electron chi connectivity index (χ4n) is 1.23. The highest BCUT2D eigenvalue weighted by molar-refractivity contribution is 5.82. The summed E-state index contributed by atoms with van der Waals surface area (Å²) in [4.78, 5) is 21.1. The zero-order valence-electron chi connectivity index (χ0n) is 8.91. The van der Waals surface area contributed by atoms with Crippen molar-refractivity contribution in [1.82, 2.24) is 5.32 Å². The zero-order chi connectivity index (χ0) is 13.1. The van der Waals surface area contributed by atoms with Gasteiger partial charge < -0.3 is 5.32 Å². The van der Waals surface area contributed by atoms with Crippen LogP contribution in [0.1, 0.15) is 28.9 Å². The molecule has 1 aromatic rings. The minimum absolute atomic E-state index is 0.420. The molecule has 1 aromatic carbocycles. The maximum absolute atomic E-state index is 12.0. The molecule has 0 bridgehead atoms. The number of hydrogen-bond acceptors (Lipinski definition) is 2. The van der Waals surface area contributed by atoms with E-state index in [9.17, 15) is 22.8 Å². The second-order valence-corrected chi connectivity index (χ2v) is 3.48. The van der Waals surface area contributed by atoms with E-state index in [-0.39, 0.29) is 0 Å². The first-order valence-electron chi connectivity index (χ1n) is 4.77. The first-order valence-corrected chi connectivity index (χ1v) is 4.77. The highest BCUT2D eigenvalue weighted by atomic mass is 19.4. The molecule has 1 atom stereocenters. The quantitative estimate of drug-likeness (QED) is 0.830. The molecule has 3 nitrogen and oxygen atoms in total. The molecule has 17 heavy (non-hydrogen) atoms. The van der Waals surface area contributed by atoms with E-state index in [2.05, 4.69) is 0 Å². The normalized spacial score (nSPS) is 12.9. The minimum atomic E-state index is -4.89. The van der Waals surface area contributed by atoms with Crippen LogP contribution < -0.4 is 5.32 Å². The van der Waals surface area contributed by atoms with Gasteiger partial charge in [0.15, 0.2) is 0 Å². The SMILES string of the molecule is C[C@H](NC(=O)C(F)(F)F)c1ccc(C=O)cc1. The van der Waals surface area contributed by atoms with Crippen molar-refractivity contribution in [3.8, 4) is 0 Å². The Balaban J connectivity index is 2.73. The van der Waals surface area contributed by atoms with Crippen LogP contribution in [-0.4, -0.2) is 18.4 Å². The Labute approximate surface area is 95.6 Å². The number of nitrogens with one attached hydrogen (secondary N) is 1. The van der Waals surface area contributed by atoms with Crippen molar-refractivity contribution in [2.45, 2.75) is 19.1 Å². The van der Waals surface area contributed by atoms with Gasteiger partial charge in [-0.3, -0.25) is 9.59 Å². The number of carbonyl (C=O) groups excluding carboxylic acids is 2. The molecule has 0 fully saturated rings. The zero-order valence-corrected chi connectivity index (χ0v) is 8.91. The molecular formula is C11H10F3NO2. The molecular weight excluding hydrogens is 235 g/mol. The first-order chi connectivity index (χ1) is 7.84. The van der Waals surface area contributed by atoms with Crippen molar-refractivity contribution in [2.24, 2.45) is 0 Å². The van der Waals surface area contributed by atoms with Crippen LogP contribution in [0.15, 0.2) is 24.3 Å². The minimum Gasteiger partial charge on any atom is -0.342 e. The fraction of sp³-hybridized carbons (Fsp3) is 0.273. The molecule has 1 N–H and O–H groups in total. The van der Waals surface area contributed by atoms with Gasteiger partial charge >= 0.3 is 12.1 Å². The second kappa shape index (κ2) is 4.99.